The van der Waals surface area contributed by atoms with Crippen LogP contribution in [0, 0.1) is 11.8 Å². The van der Waals surface area contributed by atoms with Crippen molar-refractivity contribution >= 4 is 16.9 Å². The molecular weight excluding hydrogens is 238 g/mol. The van der Waals surface area contributed by atoms with E-state index in [0.29, 0.717) is 13.0 Å². The van der Waals surface area contributed by atoms with Crippen molar-refractivity contribution in [2.75, 3.05) is 6.54 Å². The summed E-state index contributed by atoms with van der Waals surface area (Å²) in [7, 11) is 0. The number of fused-ring (bicyclic) bond motifs is 1. The van der Waals surface area contributed by atoms with Gasteiger partial charge in [-0.05, 0) is 23.3 Å². The van der Waals surface area contributed by atoms with Gasteiger partial charge in [-0.1, -0.05) is 48.2 Å². The van der Waals surface area contributed by atoms with E-state index >= 15 is 0 Å². The Morgan fingerprint density at radius 2 is 1.95 bits per heavy atom. The first-order valence-electron chi connectivity index (χ1n) is 6.21. The predicted molar refractivity (Wildman–Crippen MR) is 76.1 cm³/mol. The molecule has 0 aliphatic rings. The minimum atomic E-state index is -0.984. The van der Waals surface area contributed by atoms with Crippen LogP contribution in [-0.2, 0) is 0 Å². The molecule has 2 N–H and O–H groups in total. The number of amides is 1. The van der Waals surface area contributed by atoms with E-state index < -0.39 is 6.09 Å². The molecule has 0 aliphatic heterocycles. The van der Waals surface area contributed by atoms with Crippen molar-refractivity contribution in [2.45, 2.75) is 12.8 Å². The number of nitrogens with one attached hydrogen (secondary N) is 1. The highest BCUT2D eigenvalue weighted by Gasteiger charge is 1.96. The van der Waals surface area contributed by atoms with Crippen LogP contribution in [0.5, 0.6) is 0 Å². The van der Waals surface area contributed by atoms with E-state index in [4.69, 9.17) is 5.11 Å². The fourth-order valence-corrected chi connectivity index (χ4v) is 1.86. The van der Waals surface area contributed by atoms with Crippen molar-refractivity contribution in [2.24, 2.45) is 0 Å². The zero-order chi connectivity index (χ0) is 13.5. The van der Waals surface area contributed by atoms with Crippen molar-refractivity contribution in [3.63, 3.8) is 0 Å². The molecule has 0 bridgehead atoms. The SMILES string of the molecule is O=C(O)NCCCC#Cc1cccc2ccccc12. The number of carboxylic acid groups (broad SMARTS) is 1. The first-order valence-corrected chi connectivity index (χ1v) is 6.21. The summed E-state index contributed by atoms with van der Waals surface area (Å²) >= 11 is 0. The fourth-order valence-electron chi connectivity index (χ4n) is 1.86. The van der Waals surface area contributed by atoms with Crippen LogP contribution in [0.1, 0.15) is 18.4 Å². The molecule has 0 saturated heterocycles. The van der Waals surface area contributed by atoms with Gasteiger partial charge in [0.2, 0.25) is 0 Å². The summed E-state index contributed by atoms with van der Waals surface area (Å²) in [6, 6.07) is 14.2. The zero-order valence-corrected chi connectivity index (χ0v) is 10.5. The van der Waals surface area contributed by atoms with Crippen molar-refractivity contribution in [3.8, 4) is 11.8 Å². The normalized spacial score (nSPS) is 9.68. The van der Waals surface area contributed by atoms with Gasteiger partial charge >= 0.3 is 6.09 Å². The Bertz CT molecular complexity index is 632. The summed E-state index contributed by atoms with van der Waals surface area (Å²) in [6.45, 7) is 0.444. The van der Waals surface area contributed by atoms with Crippen LogP contribution < -0.4 is 5.32 Å². The predicted octanol–water partition coefficient (Wildman–Crippen LogP) is 3.24. The van der Waals surface area contributed by atoms with Crippen molar-refractivity contribution in [3.05, 3.63) is 48.0 Å². The Kier molecular flexibility index (Phi) is 4.41. The molecule has 0 aliphatic carbocycles. The molecule has 3 heteroatoms. The lowest BCUT2D eigenvalue weighted by Gasteiger charge is -1.99. The first-order chi connectivity index (χ1) is 9.27. The maximum absolute atomic E-state index is 10.3. The van der Waals surface area contributed by atoms with E-state index in [9.17, 15) is 4.79 Å². The zero-order valence-electron chi connectivity index (χ0n) is 10.5. The van der Waals surface area contributed by atoms with Gasteiger partial charge in [-0.25, -0.2) is 4.79 Å². The maximum atomic E-state index is 10.3. The minimum absolute atomic E-state index is 0.444. The van der Waals surface area contributed by atoms with Crippen LogP contribution in [0.15, 0.2) is 42.5 Å². The monoisotopic (exact) mass is 253 g/mol. The third kappa shape index (κ3) is 3.75. The highest BCUT2D eigenvalue weighted by Crippen LogP contribution is 2.17. The Hall–Kier alpha value is -2.47. The van der Waals surface area contributed by atoms with Gasteiger partial charge in [0.1, 0.15) is 0 Å². The molecule has 2 aromatic rings. The molecule has 0 heterocycles. The molecule has 2 aromatic carbocycles. The van der Waals surface area contributed by atoms with Gasteiger partial charge in [0, 0.05) is 18.5 Å². The second kappa shape index (κ2) is 6.46. The number of unbranched alkanes of at least 4 members (excludes halogenated alkanes) is 1. The summed E-state index contributed by atoms with van der Waals surface area (Å²) < 4.78 is 0. The minimum Gasteiger partial charge on any atom is -0.465 e. The summed E-state index contributed by atoms with van der Waals surface area (Å²) in [5.74, 6) is 6.24. The van der Waals surface area contributed by atoms with Crippen LogP contribution in [0.2, 0.25) is 0 Å². The third-order valence-electron chi connectivity index (χ3n) is 2.77. The van der Waals surface area contributed by atoms with Crippen molar-refractivity contribution in [1.29, 1.82) is 0 Å². The second-order valence-corrected chi connectivity index (χ2v) is 4.16. The highest BCUT2D eigenvalue weighted by molar-refractivity contribution is 5.88. The molecule has 0 atom stereocenters. The van der Waals surface area contributed by atoms with Crippen LogP contribution in [0.4, 0.5) is 4.79 Å². The summed E-state index contributed by atoms with van der Waals surface area (Å²) in [6.07, 6.45) is 0.426. The smallest absolute Gasteiger partial charge is 0.404 e. The third-order valence-corrected chi connectivity index (χ3v) is 2.77. The highest BCUT2D eigenvalue weighted by atomic mass is 16.4. The molecule has 1 amide bonds. The molecule has 3 nitrogen and oxygen atoms in total. The number of carbonyl (C=O) groups is 1. The van der Waals surface area contributed by atoms with E-state index in [1.807, 2.05) is 24.3 Å². The average molecular weight is 253 g/mol. The van der Waals surface area contributed by atoms with E-state index in [0.717, 1.165) is 17.4 Å². The van der Waals surface area contributed by atoms with Gasteiger partial charge in [0.05, 0.1) is 0 Å². The number of hydrogen-bond acceptors (Lipinski definition) is 1. The largest absolute Gasteiger partial charge is 0.465 e. The van der Waals surface area contributed by atoms with E-state index in [2.05, 4.69) is 35.4 Å². The Labute approximate surface area is 112 Å². The first kappa shape index (κ1) is 13.0. The molecule has 0 aromatic heterocycles. The lowest BCUT2D eigenvalue weighted by Crippen LogP contribution is -2.21. The van der Waals surface area contributed by atoms with Gasteiger partial charge in [0.25, 0.3) is 0 Å². The Balaban J connectivity index is 2.00. The molecule has 0 radical (unpaired) electrons. The lowest BCUT2D eigenvalue weighted by atomic mass is 10.0. The van der Waals surface area contributed by atoms with Gasteiger partial charge in [-0.3, -0.25) is 0 Å². The maximum Gasteiger partial charge on any atom is 0.404 e. The molecule has 0 spiro atoms. The molecule has 96 valence electrons. The fraction of sp³-hybridized carbons (Fsp3) is 0.188. The number of hydrogen-bond donors (Lipinski definition) is 2. The quantitative estimate of drug-likeness (QED) is 0.651. The number of rotatable bonds is 3. The summed E-state index contributed by atoms with van der Waals surface area (Å²) in [5.41, 5.74) is 1.02. The van der Waals surface area contributed by atoms with Gasteiger partial charge in [-0.15, -0.1) is 0 Å². The second-order valence-electron chi connectivity index (χ2n) is 4.16. The van der Waals surface area contributed by atoms with Crippen LogP contribution in [0.3, 0.4) is 0 Å². The van der Waals surface area contributed by atoms with Gasteiger partial charge in [-0.2, -0.15) is 0 Å². The molecule has 0 unspecified atom stereocenters. The van der Waals surface area contributed by atoms with Crippen molar-refractivity contribution in [1.82, 2.24) is 5.32 Å². The summed E-state index contributed by atoms with van der Waals surface area (Å²) in [4.78, 5) is 10.3. The van der Waals surface area contributed by atoms with Gasteiger partial charge < -0.3 is 10.4 Å². The van der Waals surface area contributed by atoms with Gasteiger partial charge in [0.15, 0.2) is 0 Å². The van der Waals surface area contributed by atoms with Crippen LogP contribution in [-0.4, -0.2) is 17.7 Å². The summed E-state index contributed by atoms with van der Waals surface area (Å²) in [5, 5.41) is 13.1. The van der Waals surface area contributed by atoms with E-state index in [1.165, 1.54) is 5.39 Å². The molecule has 19 heavy (non-hydrogen) atoms. The van der Waals surface area contributed by atoms with Crippen LogP contribution in [0.25, 0.3) is 10.8 Å². The topological polar surface area (TPSA) is 49.3 Å². The van der Waals surface area contributed by atoms with E-state index in [-0.39, 0.29) is 0 Å². The molecule has 0 saturated carbocycles. The molecule has 2 rings (SSSR count). The van der Waals surface area contributed by atoms with Crippen molar-refractivity contribution < 1.29 is 9.90 Å². The lowest BCUT2D eigenvalue weighted by molar-refractivity contribution is 0.194. The molecule has 0 fully saturated rings. The Morgan fingerprint density at radius 1 is 1.16 bits per heavy atom. The number of benzene rings is 2. The average Bonchev–Trinajstić information content (AvgIpc) is 2.42. The Morgan fingerprint density at radius 3 is 2.79 bits per heavy atom. The van der Waals surface area contributed by atoms with Crippen LogP contribution >= 0.6 is 0 Å². The molecular formula is C16H15NO2. The standard InChI is InChI=1S/C16H15NO2/c18-16(19)17-12-5-1-2-7-13-9-6-10-14-8-3-4-11-15(13)14/h3-4,6,8-11,17H,1,5,12H2,(H,18,19). The van der Waals surface area contributed by atoms with E-state index in [1.54, 1.807) is 0 Å².